The molecule has 1 aliphatic heterocycles. The molecule has 0 spiro atoms. The third-order valence-corrected chi connectivity index (χ3v) is 5.72. The molecule has 35 heavy (non-hydrogen) atoms. The summed E-state index contributed by atoms with van der Waals surface area (Å²) in [6, 6.07) is 21.5. The lowest BCUT2D eigenvalue weighted by Crippen LogP contribution is -2.52. The van der Waals surface area contributed by atoms with E-state index in [4.69, 9.17) is 0 Å². The molecule has 1 heterocycles. The van der Waals surface area contributed by atoms with Crippen molar-refractivity contribution in [1.82, 2.24) is 10.6 Å². The number of carbonyl (C=O) groups excluding carboxylic acids is 3. The van der Waals surface area contributed by atoms with Gasteiger partial charge in [-0.2, -0.15) is 0 Å². The van der Waals surface area contributed by atoms with Crippen LogP contribution in [0, 0.1) is 5.82 Å². The minimum Gasteiger partial charge on any atom is -0.344 e. The highest BCUT2D eigenvalue weighted by molar-refractivity contribution is 6.20. The lowest BCUT2D eigenvalue weighted by atomic mass is 10.0. The highest BCUT2D eigenvalue weighted by Gasteiger charge is 2.32. The minimum atomic E-state index is -1.17. The van der Waals surface area contributed by atoms with E-state index in [0.29, 0.717) is 17.0 Å². The fraction of sp³-hybridized carbons (Fsp3) is 0.185. The van der Waals surface area contributed by atoms with Crippen LogP contribution in [0.2, 0.25) is 0 Å². The third-order valence-electron chi connectivity index (χ3n) is 5.72. The molecule has 3 aromatic carbocycles. The Bertz CT molecular complexity index is 1280. The van der Waals surface area contributed by atoms with Crippen molar-refractivity contribution in [1.29, 1.82) is 0 Å². The van der Waals surface area contributed by atoms with Crippen molar-refractivity contribution in [3.05, 3.63) is 101 Å². The van der Waals surface area contributed by atoms with Crippen LogP contribution in [0.25, 0.3) is 0 Å². The van der Waals surface area contributed by atoms with Crippen LogP contribution in [-0.2, 0) is 20.8 Å². The van der Waals surface area contributed by atoms with Crippen LogP contribution in [0.4, 0.5) is 10.1 Å². The molecule has 3 aromatic rings. The second-order valence-corrected chi connectivity index (χ2v) is 8.26. The Kier molecular flexibility index (Phi) is 7.01. The number of benzodiazepines with no additional fused rings is 1. The summed E-state index contributed by atoms with van der Waals surface area (Å²) in [4.78, 5) is 44.6. The summed E-state index contributed by atoms with van der Waals surface area (Å²) in [5.41, 5.74) is 3.46. The minimum absolute atomic E-state index is 0.00534. The van der Waals surface area contributed by atoms with E-state index in [2.05, 4.69) is 15.6 Å². The van der Waals surface area contributed by atoms with E-state index in [1.54, 1.807) is 7.05 Å². The number of hydrogen-bond donors (Lipinski definition) is 2. The van der Waals surface area contributed by atoms with Crippen molar-refractivity contribution in [2.24, 2.45) is 4.99 Å². The molecule has 0 saturated carbocycles. The van der Waals surface area contributed by atoms with Gasteiger partial charge >= 0.3 is 0 Å². The number of anilines is 1. The molecule has 0 bridgehead atoms. The van der Waals surface area contributed by atoms with Gasteiger partial charge < -0.3 is 15.5 Å². The van der Waals surface area contributed by atoms with Gasteiger partial charge in [0.25, 0.3) is 5.91 Å². The SMILES string of the molecule is C[C@H](NC(=O)Cc1ccc(F)cc1)C(=O)N[C@H]1N=C(c2ccccc2)c2ccccc2N(C)C1=O. The Morgan fingerprint density at radius 1 is 1.00 bits per heavy atom. The number of likely N-dealkylation sites (N-methyl/N-ethyl adjacent to an activating group) is 1. The number of aliphatic imine (C=N–C) groups is 1. The second kappa shape index (κ2) is 10.3. The first kappa shape index (κ1) is 23.8. The van der Waals surface area contributed by atoms with Gasteiger partial charge in [0.2, 0.25) is 18.0 Å². The predicted octanol–water partition coefficient (Wildman–Crippen LogP) is 2.83. The number of fused-ring (bicyclic) bond motifs is 1. The smallest absolute Gasteiger partial charge is 0.272 e. The van der Waals surface area contributed by atoms with Gasteiger partial charge in [-0.05, 0) is 30.7 Å². The summed E-state index contributed by atoms with van der Waals surface area (Å²) >= 11 is 0. The van der Waals surface area contributed by atoms with Gasteiger partial charge in [-0.15, -0.1) is 0 Å². The summed E-state index contributed by atoms with van der Waals surface area (Å²) in [6.45, 7) is 1.53. The fourth-order valence-corrected chi connectivity index (χ4v) is 3.85. The number of carbonyl (C=O) groups is 3. The highest BCUT2D eigenvalue weighted by atomic mass is 19.1. The Labute approximate surface area is 202 Å². The number of rotatable bonds is 6. The van der Waals surface area contributed by atoms with Crippen molar-refractivity contribution in [2.75, 3.05) is 11.9 Å². The molecule has 0 fully saturated rings. The van der Waals surface area contributed by atoms with Gasteiger partial charge in [0.05, 0.1) is 17.8 Å². The zero-order valence-electron chi connectivity index (χ0n) is 19.4. The van der Waals surface area contributed by atoms with E-state index < -0.39 is 35.7 Å². The van der Waals surface area contributed by atoms with Crippen molar-refractivity contribution < 1.29 is 18.8 Å². The zero-order valence-corrected chi connectivity index (χ0v) is 19.4. The van der Waals surface area contributed by atoms with Crippen molar-refractivity contribution in [3.63, 3.8) is 0 Å². The number of nitrogens with one attached hydrogen (secondary N) is 2. The average molecular weight is 473 g/mol. The van der Waals surface area contributed by atoms with Crippen LogP contribution >= 0.6 is 0 Å². The summed E-state index contributed by atoms with van der Waals surface area (Å²) < 4.78 is 13.1. The van der Waals surface area contributed by atoms with Gasteiger partial charge in [-0.25, -0.2) is 9.38 Å². The maximum absolute atomic E-state index is 13.2. The molecule has 0 radical (unpaired) electrons. The van der Waals surface area contributed by atoms with Crippen LogP contribution in [0.5, 0.6) is 0 Å². The van der Waals surface area contributed by atoms with Crippen LogP contribution in [-0.4, -0.2) is 42.7 Å². The third kappa shape index (κ3) is 5.43. The number of amides is 3. The Morgan fingerprint density at radius 3 is 2.37 bits per heavy atom. The number of hydrogen-bond acceptors (Lipinski definition) is 4. The van der Waals surface area contributed by atoms with Crippen molar-refractivity contribution in [2.45, 2.75) is 25.6 Å². The van der Waals surface area contributed by atoms with Crippen LogP contribution in [0.1, 0.15) is 23.6 Å². The first-order valence-electron chi connectivity index (χ1n) is 11.2. The predicted molar refractivity (Wildman–Crippen MR) is 132 cm³/mol. The molecule has 2 atom stereocenters. The van der Waals surface area contributed by atoms with E-state index >= 15 is 0 Å². The topological polar surface area (TPSA) is 90.9 Å². The molecule has 2 N–H and O–H groups in total. The number of para-hydroxylation sites is 1. The van der Waals surface area contributed by atoms with Crippen molar-refractivity contribution in [3.8, 4) is 0 Å². The van der Waals surface area contributed by atoms with Gasteiger partial charge in [-0.3, -0.25) is 14.4 Å². The Balaban J connectivity index is 1.53. The molecule has 0 unspecified atom stereocenters. The molecular formula is C27H25FN4O3. The standard InChI is InChI=1S/C27H25FN4O3/c1-17(29-23(33)16-18-12-14-20(28)15-13-18)26(34)31-25-27(35)32(2)22-11-7-6-10-21(22)24(30-25)19-8-4-3-5-9-19/h3-15,17,25H,16H2,1-2H3,(H,29,33)(H,31,34)/t17-,25+/m0/s1. The average Bonchev–Trinajstić information content (AvgIpc) is 2.96. The van der Waals surface area contributed by atoms with Crippen LogP contribution < -0.4 is 15.5 Å². The molecule has 0 saturated heterocycles. The molecule has 0 aromatic heterocycles. The largest absolute Gasteiger partial charge is 0.344 e. The fourth-order valence-electron chi connectivity index (χ4n) is 3.85. The summed E-state index contributed by atoms with van der Waals surface area (Å²) in [5.74, 6) is -1.74. The van der Waals surface area contributed by atoms with Gasteiger partial charge in [0, 0.05) is 18.2 Å². The lowest BCUT2D eigenvalue weighted by Gasteiger charge is -2.22. The molecule has 178 valence electrons. The van der Waals surface area contributed by atoms with E-state index in [9.17, 15) is 18.8 Å². The van der Waals surface area contributed by atoms with E-state index in [0.717, 1.165) is 11.1 Å². The summed E-state index contributed by atoms with van der Waals surface area (Å²) in [5, 5.41) is 5.28. The molecule has 7 nitrogen and oxygen atoms in total. The molecule has 4 rings (SSSR count). The lowest BCUT2D eigenvalue weighted by molar-refractivity contribution is -0.130. The normalized spacial score (nSPS) is 16.0. The first-order chi connectivity index (χ1) is 16.8. The monoisotopic (exact) mass is 472 g/mol. The van der Waals surface area contributed by atoms with Crippen molar-refractivity contribution >= 4 is 29.1 Å². The van der Waals surface area contributed by atoms with Crippen LogP contribution in [0.15, 0.2) is 83.9 Å². The quantitative estimate of drug-likeness (QED) is 0.578. The van der Waals surface area contributed by atoms with Gasteiger partial charge in [-0.1, -0.05) is 60.7 Å². The first-order valence-corrected chi connectivity index (χ1v) is 11.2. The van der Waals surface area contributed by atoms with E-state index in [1.165, 1.54) is 36.1 Å². The maximum Gasteiger partial charge on any atom is 0.272 e. The Hall–Kier alpha value is -4.33. The van der Waals surface area contributed by atoms with E-state index in [-0.39, 0.29) is 6.42 Å². The van der Waals surface area contributed by atoms with E-state index in [1.807, 2.05) is 54.6 Å². The molecule has 0 aliphatic carbocycles. The van der Waals surface area contributed by atoms with Gasteiger partial charge in [0.15, 0.2) is 0 Å². The second-order valence-electron chi connectivity index (χ2n) is 8.26. The number of benzene rings is 3. The number of nitrogens with zero attached hydrogens (tertiary/aromatic N) is 2. The van der Waals surface area contributed by atoms with Gasteiger partial charge in [0.1, 0.15) is 11.9 Å². The zero-order chi connectivity index (χ0) is 24.9. The summed E-state index contributed by atoms with van der Waals surface area (Å²) in [6.07, 6.45) is -1.18. The maximum atomic E-state index is 13.2. The van der Waals surface area contributed by atoms with Crippen LogP contribution in [0.3, 0.4) is 0 Å². The summed E-state index contributed by atoms with van der Waals surface area (Å²) in [7, 11) is 1.64. The molecule has 8 heteroatoms. The molecule has 3 amide bonds. The number of halogens is 1. The molecule has 1 aliphatic rings. The highest BCUT2D eigenvalue weighted by Crippen LogP contribution is 2.27. The molecular weight excluding hydrogens is 447 g/mol. The Morgan fingerprint density at radius 2 is 1.66 bits per heavy atom.